The van der Waals surface area contributed by atoms with Gasteiger partial charge in [0.25, 0.3) is 5.91 Å². The molecule has 0 bridgehead atoms. The lowest BCUT2D eigenvalue weighted by atomic mass is 9.86. The van der Waals surface area contributed by atoms with E-state index in [9.17, 15) is 4.79 Å². The van der Waals surface area contributed by atoms with Crippen molar-refractivity contribution in [1.82, 2.24) is 15.1 Å². The predicted molar refractivity (Wildman–Crippen MR) is 141 cm³/mol. The van der Waals surface area contributed by atoms with Gasteiger partial charge in [0.05, 0.1) is 6.61 Å². The summed E-state index contributed by atoms with van der Waals surface area (Å²) in [6, 6.07) is 12.4. The van der Waals surface area contributed by atoms with Crippen LogP contribution in [0, 0.1) is 13.8 Å². The third kappa shape index (κ3) is 6.18. The maximum atomic E-state index is 13.1. The van der Waals surface area contributed by atoms with Crippen LogP contribution in [0.1, 0.15) is 52.4 Å². The number of hydrogen-bond acceptors (Lipinski definition) is 5. The average Bonchev–Trinajstić information content (AvgIpc) is 2.88. The van der Waals surface area contributed by atoms with Crippen molar-refractivity contribution in [3.8, 4) is 5.75 Å². The molecule has 0 spiro atoms. The predicted octanol–water partition coefficient (Wildman–Crippen LogP) is 4.62. The Balaban J connectivity index is 1.39. The van der Waals surface area contributed by atoms with Gasteiger partial charge in [-0.05, 0) is 80.1 Å². The molecular weight excluding hydrogens is 462 g/mol. The molecule has 2 fully saturated rings. The van der Waals surface area contributed by atoms with Crippen molar-refractivity contribution >= 4 is 17.5 Å². The van der Waals surface area contributed by atoms with Crippen molar-refractivity contribution in [3.63, 3.8) is 0 Å². The zero-order valence-electron chi connectivity index (χ0n) is 21.2. The molecule has 1 N–H and O–H groups in total. The quantitative estimate of drug-likeness (QED) is 0.510. The fourth-order valence-corrected chi connectivity index (χ4v) is 5.54. The number of methoxy groups -OCH3 is 1. The van der Waals surface area contributed by atoms with Crippen LogP contribution in [0.5, 0.6) is 5.75 Å². The normalized spacial score (nSPS) is 20.5. The Kier molecular flexibility index (Phi) is 9.06. The Labute approximate surface area is 214 Å². The van der Waals surface area contributed by atoms with Gasteiger partial charge in [-0.3, -0.25) is 9.69 Å². The van der Waals surface area contributed by atoms with Gasteiger partial charge in [-0.2, -0.15) is 0 Å². The van der Waals surface area contributed by atoms with E-state index in [1.807, 2.05) is 17.0 Å². The molecule has 2 aliphatic heterocycles. The number of halogens is 1. The molecule has 6 nitrogen and oxygen atoms in total. The monoisotopic (exact) mass is 499 g/mol. The van der Waals surface area contributed by atoms with Crippen LogP contribution < -0.4 is 10.1 Å². The van der Waals surface area contributed by atoms with E-state index in [4.69, 9.17) is 21.1 Å². The van der Waals surface area contributed by atoms with Gasteiger partial charge < -0.3 is 19.7 Å². The molecule has 0 saturated carbocycles. The highest BCUT2D eigenvalue weighted by Gasteiger charge is 2.37. The zero-order chi connectivity index (χ0) is 24.8. The van der Waals surface area contributed by atoms with Crippen molar-refractivity contribution < 1.29 is 14.3 Å². The summed E-state index contributed by atoms with van der Waals surface area (Å²) < 4.78 is 11.1. The first-order chi connectivity index (χ1) is 17.0. The number of ether oxygens (including phenoxy) is 2. The van der Waals surface area contributed by atoms with Gasteiger partial charge in [0.15, 0.2) is 0 Å². The first-order valence-electron chi connectivity index (χ1n) is 12.7. The molecule has 7 heteroatoms. The maximum absolute atomic E-state index is 13.1. The summed E-state index contributed by atoms with van der Waals surface area (Å²) >= 11 is 6.00. The first kappa shape index (κ1) is 26.0. The van der Waals surface area contributed by atoms with Crippen LogP contribution >= 0.6 is 11.6 Å². The zero-order valence-corrected chi connectivity index (χ0v) is 21.9. The minimum atomic E-state index is 0.105. The van der Waals surface area contributed by atoms with Gasteiger partial charge in [0.2, 0.25) is 0 Å². The molecule has 1 amide bonds. The maximum Gasteiger partial charge on any atom is 0.253 e. The molecule has 4 rings (SSSR count). The van der Waals surface area contributed by atoms with Crippen LogP contribution in [0.15, 0.2) is 36.4 Å². The largest absolute Gasteiger partial charge is 0.492 e. The molecule has 0 aromatic heterocycles. The van der Waals surface area contributed by atoms with Crippen molar-refractivity contribution in [3.05, 3.63) is 63.7 Å². The number of nitrogens with zero attached hydrogens (tertiary/aromatic N) is 2. The Hall–Kier alpha value is -2.12. The third-order valence-electron chi connectivity index (χ3n) is 7.48. The highest BCUT2D eigenvalue weighted by molar-refractivity contribution is 6.30. The Morgan fingerprint density at radius 3 is 2.57 bits per heavy atom. The second-order valence-electron chi connectivity index (χ2n) is 9.59. The minimum absolute atomic E-state index is 0.105. The third-order valence-corrected chi connectivity index (χ3v) is 7.73. The van der Waals surface area contributed by atoms with E-state index in [2.05, 4.69) is 36.2 Å². The van der Waals surface area contributed by atoms with Crippen molar-refractivity contribution in [2.24, 2.45) is 0 Å². The number of carbonyl (C=O) groups is 1. The number of fused-ring (bicyclic) bond motifs is 1. The number of piperidine rings is 1. The smallest absolute Gasteiger partial charge is 0.253 e. The van der Waals surface area contributed by atoms with Crippen LogP contribution in [0.2, 0.25) is 5.02 Å². The van der Waals surface area contributed by atoms with E-state index in [-0.39, 0.29) is 5.91 Å². The molecule has 0 aliphatic carbocycles. The summed E-state index contributed by atoms with van der Waals surface area (Å²) in [6.07, 6.45) is 3.47. The number of carbonyl (C=O) groups excluding carboxylic acids is 1. The van der Waals surface area contributed by atoms with Gasteiger partial charge in [-0.25, -0.2) is 0 Å². The molecule has 0 radical (unpaired) electrons. The Bertz CT molecular complexity index is 998. The summed E-state index contributed by atoms with van der Waals surface area (Å²) in [5.74, 6) is 1.07. The van der Waals surface area contributed by atoms with Gasteiger partial charge >= 0.3 is 0 Å². The van der Waals surface area contributed by atoms with Crippen LogP contribution in [-0.4, -0.2) is 74.8 Å². The molecule has 2 saturated heterocycles. The standard InChI is InChI=1S/C28H38ClN3O3/c1-20-21(2)27(35-18-14-30-13-17-34-3)12-11-25(20)26-6-4-5-24-19-31(15-16-32(24)26)28(33)22-7-9-23(29)10-8-22/h7-12,24,26,30H,4-6,13-19H2,1-3H3/t24-,26?/m0/s1. The molecule has 2 atom stereocenters. The fourth-order valence-electron chi connectivity index (χ4n) is 5.41. The van der Waals surface area contributed by atoms with E-state index in [1.54, 1.807) is 19.2 Å². The molecule has 2 heterocycles. The molecule has 1 unspecified atom stereocenters. The number of piperazine rings is 1. The lowest BCUT2D eigenvalue weighted by molar-refractivity contribution is 0.0101. The number of benzene rings is 2. The summed E-state index contributed by atoms with van der Waals surface area (Å²) in [5, 5.41) is 3.97. The summed E-state index contributed by atoms with van der Waals surface area (Å²) in [6.45, 7) is 9.80. The fraction of sp³-hybridized carbons (Fsp3) is 0.536. The van der Waals surface area contributed by atoms with E-state index in [0.29, 0.717) is 35.9 Å². The molecule has 190 valence electrons. The number of hydrogen-bond donors (Lipinski definition) is 1. The van der Waals surface area contributed by atoms with Crippen LogP contribution in [0.4, 0.5) is 0 Å². The summed E-state index contributed by atoms with van der Waals surface area (Å²) in [5.41, 5.74) is 4.65. The van der Waals surface area contributed by atoms with Gasteiger partial charge in [-0.15, -0.1) is 0 Å². The van der Waals surface area contributed by atoms with Crippen LogP contribution in [0.25, 0.3) is 0 Å². The lowest BCUT2D eigenvalue weighted by Gasteiger charge is -2.48. The van der Waals surface area contributed by atoms with E-state index in [1.165, 1.54) is 23.1 Å². The average molecular weight is 500 g/mol. The first-order valence-corrected chi connectivity index (χ1v) is 13.1. The Morgan fingerprint density at radius 1 is 1.03 bits per heavy atom. The number of nitrogens with one attached hydrogen (secondary N) is 1. The number of amides is 1. The molecular formula is C28H38ClN3O3. The molecule has 2 aromatic carbocycles. The van der Waals surface area contributed by atoms with Gasteiger partial charge in [-0.1, -0.05) is 17.7 Å². The highest BCUT2D eigenvalue weighted by atomic mass is 35.5. The lowest BCUT2D eigenvalue weighted by Crippen LogP contribution is -2.57. The number of rotatable bonds is 9. The van der Waals surface area contributed by atoms with Crippen molar-refractivity contribution in [1.29, 1.82) is 0 Å². The van der Waals surface area contributed by atoms with Crippen molar-refractivity contribution in [2.45, 2.75) is 45.2 Å². The Morgan fingerprint density at radius 2 is 1.80 bits per heavy atom. The van der Waals surface area contributed by atoms with Crippen LogP contribution in [-0.2, 0) is 4.74 Å². The van der Waals surface area contributed by atoms with E-state index in [0.717, 1.165) is 51.3 Å². The summed E-state index contributed by atoms with van der Waals surface area (Å²) in [4.78, 5) is 17.7. The minimum Gasteiger partial charge on any atom is -0.492 e. The van der Waals surface area contributed by atoms with E-state index < -0.39 is 0 Å². The molecule has 35 heavy (non-hydrogen) atoms. The van der Waals surface area contributed by atoms with Gasteiger partial charge in [0, 0.05) is 62.5 Å². The molecule has 2 aliphatic rings. The topological polar surface area (TPSA) is 54.0 Å². The van der Waals surface area contributed by atoms with Crippen molar-refractivity contribution in [2.75, 3.05) is 53.0 Å². The SMILES string of the molecule is COCCNCCOc1ccc(C2CCC[C@H]3CN(C(=O)c4ccc(Cl)cc4)CCN23)c(C)c1C. The van der Waals surface area contributed by atoms with Crippen LogP contribution in [0.3, 0.4) is 0 Å². The second kappa shape index (κ2) is 12.2. The highest BCUT2D eigenvalue weighted by Crippen LogP contribution is 2.39. The van der Waals surface area contributed by atoms with Gasteiger partial charge in [0.1, 0.15) is 12.4 Å². The van der Waals surface area contributed by atoms with E-state index >= 15 is 0 Å². The molecule has 2 aromatic rings. The second-order valence-corrected chi connectivity index (χ2v) is 10.0. The summed E-state index contributed by atoms with van der Waals surface area (Å²) in [7, 11) is 1.71.